The van der Waals surface area contributed by atoms with Crippen LogP contribution >= 0.6 is 11.3 Å². The third-order valence-electron chi connectivity index (χ3n) is 4.19. The molecule has 1 aromatic carbocycles. The number of hydrogen-bond donors (Lipinski definition) is 1. The lowest BCUT2D eigenvalue weighted by Gasteiger charge is -2.11. The molecule has 3 aromatic rings. The van der Waals surface area contributed by atoms with E-state index >= 15 is 0 Å². The number of nitrogens with one attached hydrogen (secondary N) is 1. The van der Waals surface area contributed by atoms with Gasteiger partial charge in [-0.2, -0.15) is 4.98 Å². The van der Waals surface area contributed by atoms with Gasteiger partial charge in [0.2, 0.25) is 5.91 Å². The summed E-state index contributed by atoms with van der Waals surface area (Å²) in [5.74, 6) is -0.767. The first-order valence-electron chi connectivity index (χ1n) is 8.26. The zero-order chi connectivity index (χ0) is 18.1. The maximum atomic E-state index is 12.9. The molecule has 134 valence electrons. The van der Waals surface area contributed by atoms with E-state index in [0.717, 1.165) is 31.1 Å². The van der Waals surface area contributed by atoms with Crippen molar-refractivity contribution in [1.82, 2.24) is 14.5 Å². The van der Waals surface area contributed by atoms with E-state index < -0.39 is 0 Å². The number of halogens is 1. The fourth-order valence-electron chi connectivity index (χ4n) is 2.88. The molecule has 1 aliphatic heterocycles. The van der Waals surface area contributed by atoms with Gasteiger partial charge < -0.3 is 10.2 Å². The molecule has 3 heterocycles. The van der Waals surface area contributed by atoms with Crippen LogP contribution in [0.5, 0.6) is 0 Å². The van der Waals surface area contributed by atoms with Crippen LogP contribution in [0.25, 0.3) is 10.3 Å². The van der Waals surface area contributed by atoms with E-state index in [9.17, 15) is 14.0 Å². The number of rotatable bonds is 4. The van der Waals surface area contributed by atoms with Crippen LogP contribution < -0.4 is 15.8 Å². The molecule has 0 saturated carbocycles. The van der Waals surface area contributed by atoms with Gasteiger partial charge in [-0.1, -0.05) is 11.3 Å². The van der Waals surface area contributed by atoms with Gasteiger partial charge >= 0.3 is 0 Å². The summed E-state index contributed by atoms with van der Waals surface area (Å²) < 4.78 is 14.6. The Kier molecular flexibility index (Phi) is 4.37. The fraction of sp³-hybridized carbons (Fsp3) is 0.294. The highest BCUT2D eigenvalue weighted by Crippen LogP contribution is 2.27. The lowest BCUT2D eigenvalue weighted by Crippen LogP contribution is -2.27. The quantitative estimate of drug-likeness (QED) is 0.759. The molecule has 4 rings (SSSR count). The van der Waals surface area contributed by atoms with Gasteiger partial charge in [0, 0.05) is 18.8 Å². The molecule has 9 heteroatoms. The van der Waals surface area contributed by atoms with Crippen LogP contribution in [0.2, 0.25) is 0 Å². The number of nitrogens with zero attached hydrogens (tertiary/aromatic N) is 4. The van der Waals surface area contributed by atoms with Crippen molar-refractivity contribution in [2.24, 2.45) is 0 Å². The number of carbonyl (C=O) groups is 1. The SMILES string of the molecule is O=C(Cn1cnc2nc(N3CCCC3)sc2c1=O)Nc1ccc(F)cc1. The highest BCUT2D eigenvalue weighted by Gasteiger charge is 2.19. The summed E-state index contributed by atoms with van der Waals surface area (Å²) in [5, 5.41) is 3.43. The molecule has 1 N–H and O–H groups in total. The van der Waals surface area contributed by atoms with Crippen molar-refractivity contribution in [2.75, 3.05) is 23.3 Å². The van der Waals surface area contributed by atoms with Gasteiger partial charge in [-0.15, -0.1) is 0 Å². The summed E-state index contributed by atoms with van der Waals surface area (Å²) in [6.07, 6.45) is 3.58. The molecule has 1 amide bonds. The molecule has 7 nitrogen and oxygen atoms in total. The van der Waals surface area contributed by atoms with Gasteiger partial charge in [-0.3, -0.25) is 14.2 Å². The van der Waals surface area contributed by atoms with Gasteiger partial charge in [0.15, 0.2) is 10.8 Å². The Hall–Kier alpha value is -2.81. The van der Waals surface area contributed by atoms with E-state index in [-0.39, 0.29) is 23.8 Å². The zero-order valence-corrected chi connectivity index (χ0v) is 14.6. The summed E-state index contributed by atoms with van der Waals surface area (Å²) in [4.78, 5) is 35.6. The summed E-state index contributed by atoms with van der Waals surface area (Å²) in [7, 11) is 0. The minimum atomic E-state index is -0.385. The van der Waals surface area contributed by atoms with Crippen LogP contribution in [0, 0.1) is 5.82 Å². The van der Waals surface area contributed by atoms with Crippen molar-refractivity contribution in [3.63, 3.8) is 0 Å². The van der Waals surface area contributed by atoms with Gasteiger partial charge in [0.05, 0.1) is 0 Å². The Bertz CT molecular complexity index is 1010. The molecule has 1 saturated heterocycles. The number of anilines is 2. The van der Waals surface area contributed by atoms with Crippen LogP contribution in [0.4, 0.5) is 15.2 Å². The molecule has 26 heavy (non-hydrogen) atoms. The van der Waals surface area contributed by atoms with Crippen LogP contribution in [-0.4, -0.2) is 33.5 Å². The molecule has 0 spiro atoms. The van der Waals surface area contributed by atoms with Gasteiger partial charge in [-0.05, 0) is 37.1 Å². The standard InChI is InChI=1S/C17H16FN5O2S/c18-11-3-5-12(6-4-11)20-13(24)9-23-10-19-15-14(16(23)25)26-17(21-15)22-7-1-2-8-22/h3-6,10H,1-2,7-9H2,(H,20,24). The molecule has 0 radical (unpaired) electrons. The van der Waals surface area contributed by atoms with Crippen molar-refractivity contribution in [1.29, 1.82) is 0 Å². The van der Waals surface area contributed by atoms with E-state index in [1.165, 1.54) is 46.5 Å². The number of amides is 1. The molecule has 0 atom stereocenters. The van der Waals surface area contributed by atoms with Crippen molar-refractivity contribution in [3.05, 3.63) is 46.8 Å². The minimum Gasteiger partial charge on any atom is -0.348 e. The zero-order valence-electron chi connectivity index (χ0n) is 13.8. The van der Waals surface area contributed by atoms with Gasteiger partial charge in [-0.25, -0.2) is 9.37 Å². The summed E-state index contributed by atoms with van der Waals surface area (Å²) >= 11 is 1.31. The molecule has 0 unspecified atom stereocenters. The predicted molar refractivity (Wildman–Crippen MR) is 98.2 cm³/mol. The van der Waals surface area contributed by atoms with E-state index in [1.54, 1.807) is 0 Å². The second-order valence-electron chi connectivity index (χ2n) is 6.08. The van der Waals surface area contributed by atoms with Crippen LogP contribution in [0.3, 0.4) is 0 Å². The lowest BCUT2D eigenvalue weighted by molar-refractivity contribution is -0.116. The monoisotopic (exact) mass is 373 g/mol. The molecule has 1 aliphatic rings. The molecule has 0 bridgehead atoms. The topological polar surface area (TPSA) is 80.1 Å². The minimum absolute atomic E-state index is 0.171. The maximum absolute atomic E-state index is 12.9. The van der Waals surface area contributed by atoms with Crippen molar-refractivity contribution < 1.29 is 9.18 Å². The second kappa shape index (κ2) is 6.83. The molecule has 1 fully saturated rings. The fourth-order valence-corrected chi connectivity index (χ4v) is 3.90. The van der Waals surface area contributed by atoms with E-state index in [0.29, 0.717) is 16.0 Å². The Balaban J connectivity index is 1.54. The van der Waals surface area contributed by atoms with Crippen molar-refractivity contribution in [2.45, 2.75) is 19.4 Å². The highest BCUT2D eigenvalue weighted by atomic mass is 32.1. The first kappa shape index (κ1) is 16.6. The third-order valence-corrected chi connectivity index (χ3v) is 5.28. The van der Waals surface area contributed by atoms with E-state index in [2.05, 4.69) is 20.2 Å². The van der Waals surface area contributed by atoms with Crippen molar-refractivity contribution in [3.8, 4) is 0 Å². The predicted octanol–water partition coefficient (Wildman–Crippen LogP) is 2.23. The Morgan fingerprint density at radius 2 is 1.96 bits per heavy atom. The highest BCUT2D eigenvalue weighted by molar-refractivity contribution is 7.22. The summed E-state index contributed by atoms with van der Waals surface area (Å²) in [5.41, 5.74) is 0.594. The largest absolute Gasteiger partial charge is 0.348 e. The smallest absolute Gasteiger partial charge is 0.273 e. The summed E-state index contributed by atoms with van der Waals surface area (Å²) in [6.45, 7) is 1.71. The molecular formula is C17H16FN5O2S. The average molecular weight is 373 g/mol. The number of fused-ring (bicyclic) bond motifs is 1. The average Bonchev–Trinajstić information content (AvgIpc) is 3.29. The molecule has 2 aromatic heterocycles. The first-order chi connectivity index (χ1) is 12.6. The number of hydrogen-bond acceptors (Lipinski definition) is 6. The lowest BCUT2D eigenvalue weighted by atomic mass is 10.3. The number of benzene rings is 1. The van der Waals surface area contributed by atoms with E-state index in [4.69, 9.17) is 0 Å². The Labute approximate surface area is 152 Å². The van der Waals surface area contributed by atoms with Crippen LogP contribution in [0.15, 0.2) is 35.4 Å². The van der Waals surface area contributed by atoms with Crippen molar-refractivity contribution >= 4 is 38.4 Å². The number of thiazole rings is 1. The van der Waals surface area contributed by atoms with E-state index in [1.807, 2.05) is 0 Å². The summed E-state index contributed by atoms with van der Waals surface area (Å²) in [6, 6.07) is 5.44. The van der Waals surface area contributed by atoms with Gasteiger partial charge in [0.25, 0.3) is 5.56 Å². The number of carbonyl (C=O) groups excluding carboxylic acids is 1. The third kappa shape index (κ3) is 3.30. The van der Waals surface area contributed by atoms with Gasteiger partial charge in [0.1, 0.15) is 23.4 Å². The van der Waals surface area contributed by atoms with Crippen LogP contribution in [0.1, 0.15) is 12.8 Å². The molecular weight excluding hydrogens is 357 g/mol. The van der Waals surface area contributed by atoms with Crippen LogP contribution in [-0.2, 0) is 11.3 Å². The maximum Gasteiger partial charge on any atom is 0.273 e. The normalized spacial score (nSPS) is 14.1. The number of aromatic nitrogens is 3. The Morgan fingerprint density at radius 1 is 1.23 bits per heavy atom. The molecule has 0 aliphatic carbocycles. The second-order valence-corrected chi connectivity index (χ2v) is 7.05. The Morgan fingerprint density at radius 3 is 2.69 bits per heavy atom. The first-order valence-corrected chi connectivity index (χ1v) is 9.08.